The maximum Gasteiger partial charge on any atom is 0.339 e. The lowest BCUT2D eigenvalue weighted by Gasteiger charge is -2.18. The molecule has 42 heavy (non-hydrogen) atoms. The lowest BCUT2D eigenvalue weighted by Crippen LogP contribution is -2.13. The van der Waals surface area contributed by atoms with Gasteiger partial charge in [0, 0.05) is 6.42 Å². The van der Waals surface area contributed by atoms with Crippen molar-refractivity contribution in [1.82, 2.24) is 0 Å². The number of carbonyl (C=O) groups is 5. The second-order valence-corrected chi connectivity index (χ2v) is 9.10. The molecule has 1 aliphatic carbocycles. The normalized spacial score (nSPS) is 13.8. The number of carboxylic acid groups (broad SMARTS) is 4. The number of allylic oxidation sites excluding steroid dienone is 4. The lowest BCUT2D eigenvalue weighted by molar-refractivity contribution is -0.134. The van der Waals surface area contributed by atoms with Gasteiger partial charge in [-0.15, -0.1) is 0 Å². The molecule has 0 atom stereocenters. The molecule has 1 aliphatic rings. The highest BCUT2D eigenvalue weighted by molar-refractivity contribution is 6.23. The molecule has 212 valence electrons. The van der Waals surface area contributed by atoms with E-state index in [0.717, 1.165) is 42.5 Å². The summed E-state index contributed by atoms with van der Waals surface area (Å²) in [6.07, 6.45) is 3.03. The summed E-state index contributed by atoms with van der Waals surface area (Å²) in [7, 11) is 0. The van der Waals surface area contributed by atoms with Gasteiger partial charge in [0.15, 0.2) is 5.78 Å². The Bertz CT molecular complexity index is 1810. The summed E-state index contributed by atoms with van der Waals surface area (Å²) in [6, 6.07) is 9.47. The molecule has 0 bridgehead atoms. The Morgan fingerprint density at radius 1 is 0.619 bits per heavy atom. The fourth-order valence-electron chi connectivity index (χ4n) is 4.44. The molecule has 0 amide bonds. The number of hydrogen-bond acceptors (Lipinski definition) is 8. The molecule has 3 aromatic carbocycles. The van der Waals surface area contributed by atoms with Crippen molar-refractivity contribution in [3.63, 3.8) is 0 Å². The van der Waals surface area contributed by atoms with E-state index in [1.165, 1.54) is 24.3 Å². The van der Waals surface area contributed by atoms with Crippen LogP contribution >= 0.6 is 0 Å². The molecule has 3 aromatic rings. The molecule has 0 aromatic heterocycles. The minimum absolute atomic E-state index is 0.0134. The van der Waals surface area contributed by atoms with Crippen LogP contribution in [-0.4, -0.2) is 65.4 Å². The van der Waals surface area contributed by atoms with Crippen LogP contribution in [0.5, 0.6) is 17.2 Å². The van der Waals surface area contributed by atoms with E-state index >= 15 is 0 Å². The molecule has 12 nitrogen and oxygen atoms in total. The third-order valence-electron chi connectivity index (χ3n) is 6.41. The topological polar surface area (TPSA) is 227 Å². The average Bonchev–Trinajstić information content (AvgIpc) is 2.92. The fraction of sp³-hybridized carbons (Fsp3) is 0.0333. The average molecular weight is 572 g/mol. The third-order valence-corrected chi connectivity index (χ3v) is 6.41. The van der Waals surface area contributed by atoms with Crippen LogP contribution in [0.25, 0.3) is 5.57 Å². The Kier molecular flexibility index (Phi) is 7.64. The smallest absolute Gasteiger partial charge is 0.339 e. The zero-order valence-corrected chi connectivity index (χ0v) is 21.2. The molecule has 4 rings (SSSR count). The van der Waals surface area contributed by atoms with Crippen LogP contribution in [0.4, 0.5) is 0 Å². The van der Waals surface area contributed by atoms with Crippen LogP contribution in [-0.2, 0) is 16.0 Å². The highest BCUT2D eigenvalue weighted by Crippen LogP contribution is 2.37. The number of carboxylic acids is 4. The zero-order valence-electron chi connectivity index (χ0n) is 21.2. The van der Waals surface area contributed by atoms with Gasteiger partial charge in [0.2, 0.25) is 0 Å². The summed E-state index contributed by atoms with van der Waals surface area (Å²) < 4.78 is 0. The van der Waals surface area contributed by atoms with E-state index in [9.17, 15) is 59.7 Å². The van der Waals surface area contributed by atoms with Crippen molar-refractivity contribution >= 4 is 35.2 Å². The van der Waals surface area contributed by atoms with E-state index in [1.807, 2.05) is 0 Å². The zero-order chi connectivity index (χ0) is 30.9. The van der Waals surface area contributed by atoms with Gasteiger partial charge < -0.3 is 35.7 Å². The van der Waals surface area contributed by atoms with Crippen molar-refractivity contribution in [2.75, 3.05) is 0 Å². The molecular weight excluding hydrogens is 552 g/mol. The van der Waals surface area contributed by atoms with E-state index in [4.69, 9.17) is 0 Å². The van der Waals surface area contributed by atoms with Gasteiger partial charge in [0.05, 0.1) is 0 Å². The van der Waals surface area contributed by atoms with Crippen molar-refractivity contribution < 1.29 is 59.7 Å². The number of aliphatic carboxylic acids is 1. The van der Waals surface area contributed by atoms with E-state index in [0.29, 0.717) is 0 Å². The first kappa shape index (κ1) is 28.8. The van der Waals surface area contributed by atoms with Crippen LogP contribution in [0.15, 0.2) is 77.9 Å². The van der Waals surface area contributed by atoms with Gasteiger partial charge in [-0.1, -0.05) is 18.2 Å². The third kappa shape index (κ3) is 5.58. The summed E-state index contributed by atoms with van der Waals surface area (Å²) in [5.74, 6) is -8.58. The molecular formula is C30H20O12. The largest absolute Gasteiger partial charge is 0.507 e. The molecule has 0 spiro atoms. The Morgan fingerprint density at radius 3 is 1.79 bits per heavy atom. The van der Waals surface area contributed by atoms with Crippen molar-refractivity contribution in [3.05, 3.63) is 117 Å². The highest BCUT2D eigenvalue weighted by atomic mass is 16.4. The van der Waals surface area contributed by atoms with Gasteiger partial charge in [-0.25, -0.2) is 19.2 Å². The number of ketones is 1. The number of aromatic hydroxyl groups is 3. The maximum absolute atomic E-state index is 12.2. The Labute approximate surface area is 235 Å². The molecule has 0 unspecified atom stereocenters. The Morgan fingerprint density at radius 2 is 1.19 bits per heavy atom. The van der Waals surface area contributed by atoms with Crippen molar-refractivity contribution in [3.8, 4) is 17.2 Å². The van der Waals surface area contributed by atoms with Gasteiger partial charge in [0.25, 0.3) is 0 Å². The van der Waals surface area contributed by atoms with E-state index < -0.39 is 69.2 Å². The lowest BCUT2D eigenvalue weighted by atomic mass is 9.86. The number of aromatic carboxylic acids is 3. The molecule has 0 heterocycles. The molecule has 12 heteroatoms. The summed E-state index contributed by atoms with van der Waals surface area (Å²) in [5, 5.41) is 69.0. The number of phenols is 3. The number of carbonyl (C=O) groups excluding carboxylic acids is 1. The van der Waals surface area contributed by atoms with Crippen molar-refractivity contribution in [2.24, 2.45) is 0 Å². The SMILES string of the molecule is O=C(O)C1=C/C(=C(/c2ccc(O)c(C(=O)O)c2)c2cc(Cc3ccc(O)c(C(=O)O)c3)c(O)c(C(=O)O)c2)C=CC1=O. The number of hydrogen-bond donors (Lipinski definition) is 7. The van der Waals surface area contributed by atoms with Crippen LogP contribution in [0.1, 0.15) is 53.3 Å². The van der Waals surface area contributed by atoms with Gasteiger partial charge in [-0.05, 0) is 82.0 Å². The predicted molar refractivity (Wildman–Crippen MR) is 144 cm³/mol. The van der Waals surface area contributed by atoms with Crippen LogP contribution in [0.3, 0.4) is 0 Å². The van der Waals surface area contributed by atoms with E-state index in [2.05, 4.69) is 0 Å². The van der Waals surface area contributed by atoms with Crippen molar-refractivity contribution in [2.45, 2.75) is 6.42 Å². The van der Waals surface area contributed by atoms with E-state index in [1.54, 1.807) is 0 Å². The highest BCUT2D eigenvalue weighted by Gasteiger charge is 2.25. The quantitative estimate of drug-likeness (QED) is 0.193. The second-order valence-electron chi connectivity index (χ2n) is 9.10. The summed E-state index contributed by atoms with van der Waals surface area (Å²) in [4.78, 5) is 59.2. The summed E-state index contributed by atoms with van der Waals surface area (Å²) >= 11 is 0. The molecule has 0 saturated heterocycles. The monoisotopic (exact) mass is 572 g/mol. The number of rotatable bonds is 8. The minimum atomic E-state index is -1.55. The Balaban J connectivity index is 2.04. The molecule has 0 radical (unpaired) electrons. The maximum atomic E-state index is 12.2. The fourth-order valence-corrected chi connectivity index (χ4v) is 4.44. The van der Waals surface area contributed by atoms with Gasteiger partial charge >= 0.3 is 23.9 Å². The summed E-state index contributed by atoms with van der Waals surface area (Å²) in [6.45, 7) is 0. The predicted octanol–water partition coefficient (Wildman–Crippen LogP) is 3.44. The van der Waals surface area contributed by atoms with Gasteiger partial charge in [0.1, 0.15) is 39.5 Å². The molecule has 7 N–H and O–H groups in total. The first-order chi connectivity index (χ1) is 19.8. The van der Waals surface area contributed by atoms with Crippen molar-refractivity contribution in [1.29, 1.82) is 0 Å². The van der Waals surface area contributed by atoms with E-state index in [-0.39, 0.29) is 39.8 Å². The van der Waals surface area contributed by atoms with Crippen LogP contribution in [0, 0.1) is 0 Å². The van der Waals surface area contributed by atoms with Crippen LogP contribution < -0.4 is 0 Å². The standard InChI is InChI=1S/C30H20O12/c31-22-4-1-13(8-18(22)27(35)36)7-17-9-16(12-21(26(17)34)30(41)42)25(14-2-5-23(32)19(10-14)28(37)38)15-3-6-24(33)20(11-15)29(39)40/h1-6,8-12,31-32,34H,7H2,(H,35,36)(H,37,38)(H,39,40)(H,41,42)/b25-15-. The first-order valence-electron chi connectivity index (χ1n) is 11.9. The second kappa shape index (κ2) is 11.1. The summed E-state index contributed by atoms with van der Waals surface area (Å²) in [5.41, 5.74) is -1.64. The number of benzene rings is 3. The van der Waals surface area contributed by atoms with Crippen LogP contribution in [0.2, 0.25) is 0 Å². The molecule has 0 aliphatic heterocycles. The Hall–Kier alpha value is -6.17. The molecule has 0 fully saturated rings. The minimum Gasteiger partial charge on any atom is -0.507 e. The first-order valence-corrected chi connectivity index (χ1v) is 11.9. The van der Waals surface area contributed by atoms with Gasteiger partial charge in [-0.3, -0.25) is 4.79 Å². The molecule has 0 saturated carbocycles. The van der Waals surface area contributed by atoms with Gasteiger partial charge in [-0.2, -0.15) is 0 Å².